The van der Waals surface area contributed by atoms with E-state index in [1.165, 1.54) is 20.0 Å². The average molecular weight is 256 g/mol. The molecule has 88 valence electrons. The second-order valence-electron chi connectivity index (χ2n) is 2.63. The summed E-state index contributed by atoms with van der Waals surface area (Å²) in [6.07, 6.45) is 0. The second-order valence-corrected chi connectivity index (χ2v) is 5.84. The fourth-order valence-corrected chi connectivity index (χ4v) is 2.71. The van der Waals surface area contributed by atoms with Crippen molar-refractivity contribution in [1.82, 2.24) is 0 Å². The highest BCUT2D eigenvalue weighted by molar-refractivity contribution is 7.57. The van der Waals surface area contributed by atoms with Crippen LogP contribution in [0, 0.1) is 0 Å². The van der Waals surface area contributed by atoms with E-state index in [9.17, 15) is 4.57 Å². The molecule has 0 amide bonds. The van der Waals surface area contributed by atoms with E-state index in [2.05, 4.69) is 0 Å². The summed E-state index contributed by atoms with van der Waals surface area (Å²) in [6.45, 7) is 2.68. The monoisotopic (exact) mass is 256 g/mol. The van der Waals surface area contributed by atoms with Crippen molar-refractivity contribution in [2.24, 2.45) is 0 Å². The molecule has 0 saturated carbocycles. The van der Waals surface area contributed by atoms with Gasteiger partial charge in [0.05, 0.1) is 19.0 Å². The zero-order chi connectivity index (χ0) is 11.3. The van der Waals surface area contributed by atoms with Crippen LogP contribution >= 0.6 is 16.2 Å². The maximum atomic E-state index is 11.7. The fourth-order valence-electron chi connectivity index (χ4n) is 0.857. The molecule has 1 fully saturated rings. The lowest BCUT2D eigenvalue weighted by Gasteiger charge is -2.12. The van der Waals surface area contributed by atoms with Gasteiger partial charge in [0, 0.05) is 14.2 Å². The van der Waals surface area contributed by atoms with Crippen LogP contribution in [0.3, 0.4) is 0 Å². The lowest BCUT2D eigenvalue weighted by Crippen LogP contribution is -1.88. The zero-order valence-corrected chi connectivity index (χ0v) is 10.6. The van der Waals surface area contributed by atoms with Crippen LogP contribution in [-0.4, -0.2) is 27.4 Å². The molecule has 1 aliphatic rings. The summed E-state index contributed by atoms with van der Waals surface area (Å²) in [5, 5.41) is 0. The quantitative estimate of drug-likeness (QED) is 0.556. The Bertz CT molecular complexity index is 265. The van der Waals surface area contributed by atoms with Gasteiger partial charge < -0.3 is 22.6 Å². The number of rotatable bonds is 5. The molecular formula is C7H14O6P2. The summed E-state index contributed by atoms with van der Waals surface area (Å²) < 4.78 is 36.6. The molecular weight excluding hydrogens is 242 g/mol. The summed E-state index contributed by atoms with van der Waals surface area (Å²) in [5.74, 6) is 1.69. The van der Waals surface area contributed by atoms with Crippen molar-refractivity contribution in [2.75, 3.05) is 27.4 Å². The molecule has 0 aliphatic carbocycles. The molecule has 1 rings (SSSR count). The molecule has 0 N–H and O–H groups in total. The lowest BCUT2D eigenvalue weighted by atomic mass is 10.7. The molecule has 6 nitrogen and oxygen atoms in total. The van der Waals surface area contributed by atoms with Gasteiger partial charge in [0.2, 0.25) is 0 Å². The zero-order valence-electron chi connectivity index (χ0n) is 8.84. The van der Waals surface area contributed by atoms with E-state index in [4.69, 9.17) is 22.6 Å². The second kappa shape index (κ2) is 5.94. The summed E-state index contributed by atoms with van der Waals surface area (Å²) in [6, 6.07) is 0. The van der Waals surface area contributed by atoms with Crippen molar-refractivity contribution >= 4 is 16.2 Å². The van der Waals surface area contributed by atoms with E-state index in [0.717, 1.165) is 0 Å². The first kappa shape index (κ1) is 13.1. The summed E-state index contributed by atoms with van der Waals surface area (Å²) in [4.78, 5) is 0. The molecule has 0 aromatic heterocycles. The van der Waals surface area contributed by atoms with Crippen LogP contribution in [0.1, 0.15) is 6.92 Å². The van der Waals surface area contributed by atoms with Crippen molar-refractivity contribution in [3.05, 3.63) is 11.6 Å². The topological polar surface area (TPSA) is 63.2 Å². The highest BCUT2D eigenvalue weighted by Crippen LogP contribution is 2.52. The van der Waals surface area contributed by atoms with Crippen molar-refractivity contribution in [2.45, 2.75) is 6.92 Å². The normalized spacial score (nSPS) is 19.5. The number of hydrogen-bond acceptors (Lipinski definition) is 6. The summed E-state index contributed by atoms with van der Waals surface area (Å²) in [7, 11) is -1.91. The molecule has 8 heteroatoms. The van der Waals surface area contributed by atoms with Crippen LogP contribution in [0.2, 0.25) is 0 Å². The van der Waals surface area contributed by atoms with E-state index in [0.29, 0.717) is 19.0 Å². The third-order valence-corrected chi connectivity index (χ3v) is 4.47. The van der Waals surface area contributed by atoms with Gasteiger partial charge in [0.15, 0.2) is 0 Å². The van der Waals surface area contributed by atoms with Gasteiger partial charge in [-0.2, -0.15) is 0 Å². The Labute approximate surface area is 90.0 Å². The predicted molar refractivity (Wildman–Crippen MR) is 55.3 cm³/mol. The summed E-state index contributed by atoms with van der Waals surface area (Å²) >= 11 is 0. The van der Waals surface area contributed by atoms with Crippen LogP contribution < -0.4 is 0 Å². The van der Waals surface area contributed by atoms with E-state index >= 15 is 0 Å². The number of hydrogen-bond donors (Lipinski definition) is 0. The Morgan fingerprint density at radius 3 is 2.33 bits per heavy atom. The molecule has 1 aliphatic heterocycles. The Kier molecular flexibility index (Phi) is 5.19. The van der Waals surface area contributed by atoms with Crippen LogP contribution in [0.15, 0.2) is 11.6 Å². The van der Waals surface area contributed by atoms with E-state index in [1.54, 1.807) is 6.92 Å². The maximum absolute atomic E-state index is 11.7. The minimum Gasteiger partial charge on any atom is -0.431 e. The molecule has 0 bridgehead atoms. The lowest BCUT2D eigenvalue weighted by molar-refractivity contribution is 0.281. The predicted octanol–water partition coefficient (Wildman–Crippen LogP) is 2.62. The molecule has 0 aromatic carbocycles. The van der Waals surface area contributed by atoms with E-state index < -0.39 is 16.2 Å². The largest absolute Gasteiger partial charge is 0.431 e. The van der Waals surface area contributed by atoms with E-state index in [1.807, 2.05) is 0 Å². The molecule has 0 atom stereocenters. The van der Waals surface area contributed by atoms with E-state index in [-0.39, 0.29) is 0 Å². The van der Waals surface area contributed by atoms with Gasteiger partial charge in [-0.05, 0) is 6.92 Å². The van der Waals surface area contributed by atoms with Crippen LogP contribution in [0.25, 0.3) is 0 Å². The Hall–Kier alpha value is 0.0400. The van der Waals surface area contributed by atoms with Crippen molar-refractivity contribution in [3.63, 3.8) is 0 Å². The van der Waals surface area contributed by atoms with Crippen molar-refractivity contribution in [3.8, 4) is 0 Å². The van der Waals surface area contributed by atoms with Gasteiger partial charge in [-0.1, -0.05) is 0 Å². The van der Waals surface area contributed by atoms with Gasteiger partial charge >= 0.3 is 16.2 Å². The minimum atomic E-state index is -3.18. The number of allylic oxidation sites excluding steroid dienone is 1. The minimum absolute atomic E-state index is 0.398. The van der Waals surface area contributed by atoms with Gasteiger partial charge in [-0.15, -0.1) is 0 Å². The van der Waals surface area contributed by atoms with Crippen LogP contribution in [0.4, 0.5) is 0 Å². The maximum Gasteiger partial charge on any atom is 0.397 e. The van der Waals surface area contributed by atoms with Gasteiger partial charge in [-0.25, -0.2) is 0 Å². The first-order chi connectivity index (χ1) is 7.09. The Morgan fingerprint density at radius 2 is 1.87 bits per heavy atom. The third kappa shape index (κ3) is 4.19. The molecule has 0 aromatic rings. The fraction of sp³-hybridized carbons (Fsp3) is 0.714. The first-order valence-corrected chi connectivity index (χ1v) is 6.95. The van der Waals surface area contributed by atoms with Gasteiger partial charge in [0.25, 0.3) is 0 Å². The van der Waals surface area contributed by atoms with Gasteiger partial charge in [0.1, 0.15) is 5.76 Å². The molecule has 1 heterocycles. The Morgan fingerprint density at radius 1 is 1.33 bits per heavy atom. The highest BCUT2D eigenvalue weighted by atomic mass is 31.2. The summed E-state index contributed by atoms with van der Waals surface area (Å²) in [5.41, 5.74) is 0. The van der Waals surface area contributed by atoms with Crippen molar-refractivity contribution in [1.29, 1.82) is 0 Å². The Balaban J connectivity index is 2.53. The smallest absolute Gasteiger partial charge is 0.397 e. The van der Waals surface area contributed by atoms with Crippen LogP contribution in [0.5, 0.6) is 0 Å². The first-order valence-electron chi connectivity index (χ1n) is 4.24. The molecule has 15 heavy (non-hydrogen) atoms. The SMILES string of the molecule is COP(=O)(/C=C(\C)OP1OCCO1)OC. The highest BCUT2D eigenvalue weighted by Gasteiger charge is 2.23. The molecule has 0 unspecified atom stereocenters. The molecule has 0 spiro atoms. The van der Waals surface area contributed by atoms with Crippen molar-refractivity contribution < 1.29 is 27.2 Å². The average Bonchev–Trinajstić information content (AvgIpc) is 2.70. The standard InChI is InChI=1S/C7H14O6P2/c1-7(6-15(8,9-2)10-3)13-14-11-4-5-12-14/h6H,4-5H2,1-3H3/b7-6+. The van der Waals surface area contributed by atoms with Gasteiger partial charge in [-0.3, -0.25) is 4.57 Å². The molecule has 1 saturated heterocycles. The van der Waals surface area contributed by atoms with Crippen LogP contribution in [-0.2, 0) is 27.2 Å². The molecule has 0 radical (unpaired) electrons. The third-order valence-electron chi connectivity index (χ3n) is 1.54.